The van der Waals surface area contributed by atoms with Crippen LogP contribution in [-0.4, -0.2) is 51.5 Å². The number of carbonyl (C=O) groups excluding carboxylic acids is 1. The van der Waals surface area contributed by atoms with E-state index in [1.165, 1.54) is 40.7 Å². The average Bonchev–Trinajstić information content (AvgIpc) is 2.74. The zero-order chi connectivity index (χ0) is 21.8. The summed E-state index contributed by atoms with van der Waals surface area (Å²) in [4.78, 5) is 12.3. The fraction of sp³-hybridized carbons (Fsp3) is 0.350. The lowest BCUT2D eigenvalue weighted by atomic mass is 10.1. The number of carbonyl (C=O) groups is 1. The van der Waals surface area contributed by atoms with E-state index in [1.54, 1.807) is 0 Å². The van der Waals surface area contributed by atoms with Crippen molar-refractivity contribution in [1.82, 2.24) is 9.62 Å². The van der Waals surface area contributed by atoms with Crippen LogP contribution in [0.4, 0.5) is 13.2 Å². The van der Waals surface area contributed by atoms with E-state index in [2.05, 4.69) is 5.32 Å². The number of amides is 1. The van der Waals surface area contributed by atoms with Crippen molar-refractivity contribution in [2.24, 2.45) is 0 Å². The van der Waals surface area contributed by atoms with Crippen LogP contribution in [0.1, 0.15) is 21.5 Å². The standard InChI is InChI=1S/C20H21F3N2O4S/c21-20(22,23)17-5-1-15(2-6-17)9-10-24-19(26)16-3-7-18(8-4-16)30(27,28)25-11-13-29-14-12-25/h1-8H,9-14H2,(H,24,26). The van der Waals surface area contributed by atoms with E-state index in [1.807, 2.05) is 0 Å². The highest BCUT2D eigenvalue weighted by Gasteiger charge is 2.30. The predicted octanol–water partition coefficient (Wildman–Crippen LogP) is 2.70. The smallest absolute Gasteiger partial charge is 0.379 e. The maximum Gasteiger partial charge on any atom is 0.416 e. The maximum atomic E-state index is 12.6. The number of nitrogens with one attached hydrogen (secondary N) is 1. The molecule has 10 heteroatoms. The number of halogens is 3. The zero-order valence-corrected chi connectivity index (χ0v) is 16.8. The van der Waals surface area contributed by atoms with Crippen molar-refractivity contribution >= 4 is 15.9 Å². The minimum atomic E-state index is -4.38. The summed E-state index contributed by atoms with van der Waals surface area (Å²) >= 11 is 0. The van der Waals surface area contributed by atoms with Gasteiger partial charge in [0.1, 0.15) is 0 Å². The Kier molecular flexibility index (Phi) is 6.79. The van der Waals surface area contributed by atoms with E-state index >= 15 is 0 Å². The molecule has 1 amide bonds. The Morgan fingerprint density at radius 2 is 1.60 bits per heavy atom. The Labute approximate surface area is 172 Å². The molecule has 30 heavy (non-hydrogen) atoms. The lowest BCUT2D eigenvalue weighted by molar-refractivity contribution is -0.137. The molecule has 0 unspecified atom stereocenters. The van der Waals surface area contributed by atoms with Gasteiger partial charge in [-0.25, -0.2) is 8.42 Å². The summed E-state index contributed by atoms with van der Waals surface area (Å²) in [5.41, 5.74) is 0.237. The van der Waals surface area contributed by atoms with Crippen LogP contribution in [0.25, 0.3) is 0 Å². The number of rotatable bonds is 6. The second-order valence-electron chi connectivity index (χ2n) is 6.74. The van der Waals surface area contributed by atoms with Crippen molar-refractivity contribution in [3.63, 3.8) is 0 Å². The van der Waals surface area contributed by atoms with Crippen LogP contribution in [0.3, 0.4) is 0 Å². The second kappa shape index (κ2) is 9.15. The number of hydrogen-bond acceptors (Lipinski definition) is 4. The van der Waals surface area contributed by atoms with Gasteiger partial charge in [0.25, 0.3) is 5.91 Å². The third kappa shape index (κ3) is 5.38. The van der Waals surface area contributed by atoms with Crippen LogP contribution >= 0.6 is 0 Å². The zero-order valence-electron chi connectivity index (χ0n) is 16.0. The molecule has 162 valence electrons. The van der Waals surface area contributed by atoms with Gasteiger partial charge in [-0.15, -0.1) is 0 Å². The molecular formula is C20H21F3N2O4S. The number of nitrogens with zero attached hydrogens (tertiary/aromatic N) is 1. The molecule has 1 aliphatic heterocycles. The number of alkyl halides is 3. The summed E-state index contributed by atoms with van der Waals surface area (Å²) in [6.45, 7) is 1.50. The highest BCUT2D eigenvalue weighted by Crippen LogP contribution is 2.29. The summed E-state index contributed by atoms with van der Waals surface area (Å²) in [6, 6.07) is 10.4. The molecule has 2 aromatic carbocycles. The highest BCUT2D eigenvalue weighted by molar-refractivity contribution is 7.89. The number of morpholine rings is 1. The lowest BCUT2D eigenvalue weighted by Crippen LogP contribution is -2.40. The van der Waals surface area contributed by atoms with Crippen molar-refractivity contribution < 1.29 is 31.1 Å². The van der Waals surface area contributed by atoms with Crippen LogP contribution < -0.4 is 5.32 Å². The van der Waals surface area contributed by atoms with Gasteiger partial charge in [-0.3, -0.25) is 4.79 Å². The molecule has 0 atom stereocenters. The normalized spacial score (nSPS) is 15.7. The SMILES string of the molecule is O=C(NCCc1ccc(C(F)(F)F)cc1)c1ccc(S(=O)(=O)N2CCOCC2)cc1. The number of hydrogen-bond donors (Lipinski definition) is 1. The van der Waals surface area contributed by atoms with Crippen molar-refractivity contribution in [2.45, 2.75) is 17.5 Å². The van der Waals surface area contributed by atoms with Gasteiger partial charge in [-0.2, -0.15) is 17.5 Å². The van der Waals surface area contributed by atoms with E-state index in [4.69, 9.17) is 4.74 Å². The van der Waals surface area contributed by atoms with Gasteiger partial charge in [0.15, 0.2) is 0 Å². The molecule has 0 aromatic heterocycles. The molecule has 1 aliphatic rings. The molecule has 1 N–H and O–H groups in total. The quantitative estimate of drug-likeness (QED) is 0.747. The summed E-state index contributed by atoms with van der Waals surface area (Å²) in [6.07, 6.45) is -4.01. The van der Waals surface area contributed by atoms with E-state index in [9.17, 15) is 26.4 Å². The first kappa shape index (κ1) is 22.3. The molecule has 1 saturated heterocycles. The van der Waals surface area contributed by atoms with Crippen molar-refractivity contribution in [2.75, 3.05) is 32.8 Å². The van der Waals surface area contributed by atoms with E-state index in [0.29, 0.717) is 30.8 Å². The van der Waals surface area contributed by atoms with Crippen LogP contribution in [0.5, 0.6) is 0 Å². The van der Waals surface area contributed by atoms with Gasteiger partial charge in [0.05, 0.1) is 23.7 Å². The molecule has 1 fully saturated rings. The fourth-order valence-corrected chi connectivity index (χ4v) is 4.41. The molecule has 0 radical (unpaired) electrons. The molecule has 0 aliphatic carbocycles. The summed E-state index contributed by atoms with van der Waals surface area (Å²) in [5, 5.41) is 2.68. The minimum Gasteiger partial charge on any atom is -0.379 e. The Balaban J connectivity index is 1.54. The maximum absolute atomic E-state index is 12.6. The van der Waals surface area contributed by atoms with Crippen LogP contribution in [-0.2, 0) is 27.4 Å². The predicted molar refractivity (Wildman–Crippen MR) is 104 cm³/mol. The van der Waals surface area contributed by atoms with E-state index in [0.717, 1.165) is 12.1 Å². The van der Waals surface area contributed by atoms with Crippen molar-refractivity contribution in [3.05, 3.63) is 65.2 Å². The summed E-state index contributed by atoms with van der Waals surface area (Å²) in [7, 11) is -3.63. The van der Waals surface area contributed by atoms with Crippen molar-refractivity contribution in [3.8, 4) is 0 Å². The van der Waals surface area contributed by atoms with Crippen LogP contribution in [0.2, 0.25) is 0 Å². The number of ether oxygens (including phenoxy) is 1. The molecule has 0 saturated carbocycles. The third-order valence-electron chi connectivity index (χ3n) is 4.70. The molecular weight excluding hydrogens is 421 g/mol. The monoisotopic (exact) mass is 442 g/mol. The van der Waals surface area contributed by atoms with Gasteiger partial charge in [0.2, 0.25) is 10.0 Å². The van der Waals surface area contributed by atoms with Gasteiger partial charge >= 0.3 is 6.18 Å². The average molecular weight is 442 g/mol. The molecule has 3 rings (SSSR count). The van der Waals surface area contributed by atoms with Gasteiger partial charge in [0, 0.05) is 25.2 Å². The first-order valence-corrected chi connectivity index (χ1v) is 10.7. The van der Waals surface area contributed by atoms with Gasteiger partial charge in [-0.05, 0) is 48.4 Å². The molecule has 1 heterocycles. The topological polar surface area (TPSA) is 75.7 Å². The lowest BCUT2D eigenvalue weighted by Gasteiger charge is -2.26. The highest BCUT2D eigenvalue weighted by atomic mass is 32.2. The third-order valence-corrected chi connectivity index (χ3v) is 6.62. The van der Waals surface area contributed by atoms with E-state index in [-0.39, 0.29) is 24.5 Å². The van der Waals surface area contributed by atoms with Crippen molar-refractivity contribution in [1.29, 1.82) is 0 Å². The number of benzene rings is 2. The van der Waals surface area contributed by atoms with Gasteiger partial charge in [-0.1, -0.05) is 12.1 Å². The summed E-state index contributed by atoms with van der Waals surface area (Å²) < 4.78 is 69.4. The Bertz CT molecular complexity index is 969. The summed E-state index contributed by atoms with van der Waals surface area (Å²) in [5.74, 6) is -0.391. The van der Waals surface area contributed by atoms with E-state index < -0.39 is 27.7 Å². The Morgan fingerprint density at radius 1 is 1.00 bits per heavy atom. The Morgan fingerprint density at radius 3 is 2.17 bits per heavy atom. The molecule has 2 aromatic rings. The molecule has 0 bridgehead atoms. The largest absolute Gasteiger partial charge is 0.416 e. The fourth-order valence-electron chi connectivity index (χ4n) is 3.00. The molecule has 6 nitrogen and oxygen atoms in total. The first-order valence-electron chi connectivity index (χ1n) is 9.30. The molecule has 0 spiro atoms. The number of sulfonamides is 1. The minimum absolute atomic E-state index is 0.103. The first-order chi connectivity index (χ1) is 14.2. The van der Waals surface area contributed by atoms with Gasteiger partial charge < -0.3 is 10.1 Å². The van der Waals surface area contributed by atoms with Crippen LogP contribution in [0.15, 0.2) is 53.4 Å². The van der Waals surface area contributed by atoms with Crippen LogP contribution in [0, 0.1) is 0 Å². The Hall–Kier alpha value is -2.43. The second-order valence-corrected chi connectivity index (χ2v) is 8.68.